The van der Waals surface area contributed by atoms with Gasteiger partial charge in [-0.15, -0.1) is 0 Å². The molecule has 0 unspecified atom stereocenters. The lowest BCUT2D eigenvalue weighted by atomic mass is 9.99. The van der Waals surface area contributed by atoms with Crippen molar-refractivity contribution in [1.82, 2.24) is 4.90 Å². The van der Waals surface area contributed by atoms with Crippen LogP contribution in [0.2, 0.25) is 0 Å². The summed E-state index contributed by atoms with van der Waals surface area (Å²) < 4.78 is 10.5. The molecule has 2 aliphatic heterocycles. The van der Waals surface area contributed by atoms with Crippen molar-refractivity contribution in [2.45, 2.75) is 0 Å². The molecule has 234 valence electrons. The van der Waals surface area contributed by atoms with E-state index >= 15 is 0 Å². The molecule has 0 saturated carbocycles. The van der Waals surface area contributed by atoms with Crippen molar-refractivity contribution in [3.05, 3.63) is 113 Å². The molecule has 0 atom stereocenters. The van der Waals surface area contributed by atoms with Crippen LogP contribution in [0, 0.1) is 0 Å². The molecule has 0 bridgehead atoms. The molecule has 10 nitrogen and oxygen atoms in total. The first-order chi connectivity index (χ1) is 22.3. The number of nitrogens with one attached hydrogen (secondary N) is 3. The van der Waals surface area contributed by atoms with E-state index in [0.29, 0.717) is 50.7 Å². The van der Waals surface area contributed by atoms with Gasteiger partial charge in [-0.25, -0.2) is 0 Å². The van der Waals surface area contributed by atoms with Crippen LogP contribution in [0.3, 0.4) is 0 Å². The smallest absolute Gasteiger partial charge is 0.257 e. The Balaban J connectivity index is 1.14. The van der Waals surface area contributed by atoms with Crippen molar-refractivity contribution in [3.63, 3.8) is 0 Å². The van der Waals surface area contributed by atoms with Gasteiger partial charge in [0.15, 0.2) is 5.78 Å². The molecular weight excluding hydrogens is 582 g/mol. The lowest BCUT2D eigenvalue weighted by Gasteiger charge is -2.34. The number of hydrogen-bond donors (Lipinski definition) is 3. The maximum atomic E-state index is 13.5. The number of ether oxygens (including phenoxy) is 2. The van der Waals surface area contributed by atoms with Gasteiger partial charge in [-0.05, 0) is 61.6 Å². The highest BCUT2D eigenvalue weighted by atomic mass is 16.5. The molecule has 0 radical (unpaired) electrons. The average molecular weight is 618 g/mol. The summed E-state index contributed by atoms with van der Waals surface area (Å²) in [4.78, 5) is 44.0. The number of carbonyl (C=O) groups is 3. The fraction of sp³-hybridized carbons (Fsp3) is 0.194. The first kappa shape index (κ1) is 30.4. The topological polar surface area (TPSA) is 112 Å². The number of hydrogen-bond acceptors (Lipinski definition) is 8. The third kappa shape index (κ3) is 6.57. The van der Waals surface area contributed by atoms with E-state index in [1.165, 1.54) is 19.9 Å². The van der Waals surface area contributed by atoms with Crippen LogP contribution < -0.4 is 30.3 Å². The van der Waals surface area contributed by atoms with Crippen LogP contribution in [-0.2, 0) is 4.79 Å². The fourth-order valence-electron chi connectivity index (χ4n) is 5.51. The van der Waals surface area contributed by atoms with Gasteiger partial charge in [-0.3, -0.25) is 14.4 Å². The van der Waals surface area contributed by atoms with Crippen molar-refractivity contribution >= 4 is 45.9 Å². The highest BCUT2D eigenvalue weighted by Crippen LogP contribution is 2.33. The zero-order valence-electron chi connectivity index (χ0n) is 25.9. The standard InChI is InChI=1S/C36H35N5O5/c1-40-13-15-41(16-14-40)28-10-8-26(9-11-28)37-22-32-31-12-7-24(20-33(31)39-36(32)44)34(42)23-5-4-6-27(17-23)38-35(43)25-18-29(45-2)21-30(19-25)46-3/h4-12,17-22,37H,13-16H2,1-3H3,(H,38,43)(H,39,44). The van der Waals surface area contributed by atoms with Gasteiger partial charge in [0, 0.05) is 83.4 Å². The molecule has 1 fully saturated rings. The second-order valence-electron chi connectivity index (χ2n) is 11.2. The zero-order chi connectivity index (χ0) is 32.2. The van der Waals surface area contributed by atoms with Gasteiger partial charge in [0.25, 0.3) is 11.8 Å². The number of likely N-dealkylation sites (N-methyl/N-ethyl adjacent to an activating group) is 1. The third-order valence-electron chi connectivity index (χ3n) is 8.18. The molecule has 10 heteroatoms. The number of rotatable bonds is 9. The number of benzene rings is 4. The summed E-state index contributed by atoms with van der Waals surface area (Å²) >= 11 is 0. The van der Waals surface area contributed by atoms with Crippen molar-refractivity contribution in [2.75, 3.05) is 68.3 Å². The van der Waals surface area contributed by atoms with Crippen LogP contribution >= 0.6 is 0 Å². The predicted molar refractivity (Wildman–Crippen MR) is 180 cm³/mol. The van der Waals surface area contributed by atoms with Gasteiger partial charge < -0.3 is 35.2 Å². The minimum Gasteiger partial charge on any atom is -0.497 e. The van der Waals surface area contributed by atoms with Crippen LogP contribution in [0.25, 0.3) is 5.57 Å². The first-order valence-electron chi connectivity index (χ1n) is 15.0. The van der Waals surface area contributed by atoms with Gasteiger partial charge in [0.1, 0.15) is 11.5 Å². The molecule has 6 rings (SSSR count). The van der Waals surface area contributed by atoms with E-state index in [2.05, 4.69) is 44.9 Å². The molecule has 2 heterocycles. The minimum absolute atomic E-state index is 0.243. The molecule has 2 aliphatic rings. The highest BCUT2D eigenvalue weighted by molar-refractivity contribution is 6.32. The Morgan fingerprint density at radius 3 is 2.17 bits per heavy atom. The first-order valence-corrected chi connectivity index (χ1v) is 15.0. The van der Waals surface area contributed by atoms with E-state index in [9.17, 15) is 14.4 Å². The van der Waals surface area contributed by atoms with Crippen LogP contribution in [0.1, 0.15) is 31.8 Å². The molecule has 4 aromatic rings. The lowest BCUT2D eigenvalue weighted by Crippen LogP contribution is -2.44. The number of anilines is 4. The molecule has 2 amide bonds. The van der Waals surface area contributed by atoms with Gasteiger partial charge in [0.2, 0.25) is 0 Å². The van der Waals surface area contributed by atoms with Gasteiger partial charge >= 0.3 is 0 Å². The maximum Gasteiger partial charge on any atom is 0.257 e. The number of methoxy groups -OCH3 is 2. The SMILES string of the molecule is COc1cc(OC)cc(C(=O)Nc2cccc(C(=O)c3ccc4c(c3)NC(=O)C4=CNc3ccc(N4CCN(C)CC4)cc3)c2)c1. The van der Waals surface area contributed by atoms with Gasteiger partial charge in [0.05, 0.1) is 19.8 Å². The zero-order valence-corrected chi connectivity index (χ0v) is 25.9. The second-order valence-corrected chi connectivity index (χ2v) is 11.2. The number of amides is 2. The highest BCUT2D eigenvalue weighted by Gasteiger charge is 2.25. The van der Waals surface area contributed by atoms with Crippen molar-refractivity contribution in [1.29, 1.82) is 0 Å². The van der Waals surface area contributed by atoms with E-state index in [0.717, 1.165) is 31.9 Å². The van der Waals surface area contributed by atoms with Crippen LogP contribution in [0.15, 0.2) is 91.1 Å². The molecular formula is C36H35N5O5. The Hall–Kier alpha value is -5.61. The van der Waals surface area contributed by atoms with E-state index in [1.54, 1.807) is 66.9 Å². The van der Waals surface area contributed by atoms with Gasteiger partial charge in [-0.2, -0.15) is 0 Å². The normalized spacial score (nSPS) is 15.2. The summed E-state index contributed by atoms with van der Waals surface area (Å²) in [6.07, 6.45) is 1.69. The largest absolute Gasteiger partial charge is 0.497 e. The van der Waals surface area contributed by atoms with Crippen molar-refractivity contribution in [2.24, 2.45) is 0 Å². The molecule has 0 spiro atoms. The van der Waals surface area contributed by atoms with Crippen molar-refractivity contribution in [3.8, 4) is 11.5 Å². The van der Waals surface area contributed by atoms with Crippen molar-refractivity contribution < 1.29 is 23.9 Å². The quantitative estimate of drug-likeness (QED) is 0.170. The molecule has 1 saturated heterocycles. The Labute approximate surface area is 267 Å². The third-order valence-corrected chi connectivity index (χ3v) is 8.18. The maximum absolute atomic E-state index is 13.5. The summed E-state index contributed by atoms with van der Waals surface area (Å²) in [5.74, 6) is 0.107. The molecule has 46 heavy (non-hydrogen) atoms. The average Bonchev–Trinajstić information content (AvgIpc) is 3.41. The number of carbonyl (C=O) groups excluding carboxylic acids is 3. The molecule has 3 N–H and O–H groups in total. The summed E-state index contributed by atoms with van der Waals surface area (Å²) in [6.45, 7) is 4.08. The van der Waals surface area contributed by atoms with E-state index in [-0.39, 0.29) is 17.6 Å². The summed E-state index contributed by atoms with van der Waals surface area (Å²) in [5, 5.41) is 8.94. The van der Waals surface area contributed by atoms with E-state index in [1.807, 2.05) is 12.1 Å². The predicted octanol–water partition coefficient (Wildman–Crippen LogP) is 5.34. The molecule has 0 aliphatic carbocycles. The second kappa shape index (κ2) is 13.2. The number of nitrogens with zero attached hydrogens (tertiary/aromatic N) is 2. The van der Waals surface area contributed by atoms with Crippen LogP contribution in [-0.4, -0.2) is 69.9 Å². The Morgan fingerprint density at radius 2 is 1.48 bits per heavy atom. The Kier molecular flexibility index (Phi) is 8.71. The number of ketones is 1. The van der Waals surface area contributed by atoms with E-state index < -0.39 is 0 Å². The van der Waals surface area contributed by atoms with Crippen LogP contribution in [0.4, 0.5) is 22.7 Å². The molecule has 4 aromatic carbocycles. The summed E-state index contributed by atoms with van der Waals surface area (Å²) in [6, 6.07) is 24.9. The summed E-state index contributed by atoms with van der Waals surface area (Å²) in [7, 11) is 5.16. The summed E-state index contributed by atoms with van der Waals surface area (Å²) in [5.41, 5.74) is 5.41. The Morgan fingerprint density at radius 1 is 0.783 bits per heavy atom. The molecule has 0 aromatic heterocycles. The Bertz CT molecular complexity index is 1800. The van der Waals surface area contributed by atoms with Crippen LogP contribution in [0.5, 0.6) is 11.5 Å². The number of piperazine rings is 1. The lowest BCUT2D eigenvalue weighted by molar-refractivity contribution is -0.110. The van der Waals surface area contributed by atoms with E-state index in [4.69, 9.17) is 9.47 Å². The monoisotopic (exact) mass is 617 g/mol. The number of fused-ring (bicyclic) bond motifs is 1. The fourth-order valence-corrected chi connectivity index (χ4v) is 5.51. The minimum atomic E-state index is -0.374. The van der Waals surface area contributed by atoms with Gasteiger partial charge in [-0.1, -0.05) is 24.3 Å².